The van der Waals surface area contributed by atoms with Gasteiger partial charge in [-0.25, -0.2) is 0 Å². The molecule has 0 aromatic rings. The molecule has 0 heterocycles. The number of nitrogens with two attached hydrogens (primary N) is 1. The van der Waals surface area contributed by atoms with Gasteiger partial charge in [-0.3, -0.25) is 9.59 Å². The zero-order chi connectivity index (χ0) is 8.59. The molecule has 0 bridgehead atoms. The van der Waals surface area contributed by atoms with Crippen LogP contribution in [0.5, 0.6) is 0 Å². The maximum absolute atomic E-state index is 10.8. The molecule has 1 unspecified atom stereocenters. The van der Waals surface area contributed by atoms with Gasteiger partial charge in [0.2, 0.25) is 11.6 Å². The molecule has 0 radical (unpaired) electrons. The van der Waals surface area contributed by atoms with Gasteiger partial charge in [-0.05, 0) is 0 Å². The first kappa shape index (κ1) is 7.65. The fourth-order valence-electron chi connectivity index (χ4n) is 0.838. The van der Waals surface area contributed by atoms with Gasteiger partial charge in [0.25, 0.3) is 0 Å². The van der Waals surface area contributed by atoms with Crippen molar-refractivity contribution in [2.45, 2.75) is 6.92 Å². The maximum Gasteiger partial charge on any atom is 0.247 e. The minimum atomic E-state index is -0.744. The van der Waals surface area contributed by atoms with E-state index in [0.717, 1.165) is 6.08 Å². The second-order valence-electron chi connectivity index (χ2n) is 2.47. The molecule has 3 N–H and O–H groups in total. The van der Waals surface area contributed by atoms with Crippen LogP contribution in [-0.4, -0.2) is 17.3 Å². The summed E-state index contributed by atoms with van der Waals surface area (Å²) in [6.45, 7) is 1.62. The number of carbonyl (C=O) groups is 2. The number of hydrogen-bond acceptors (Lipinski definition) is 4. The summed E-state index contributed by atoms with van der Waals surface area (Å²) in [5.74, 6) is -1.85. The molecule has 0 aromatic carbocycles. The Bertz CT molecular complexity index is 276. The van der Waals surface area contributed by atoms with Gasteiger partial charge in [0.05, 0.1) is 5.71 Å². The van der Waals surface area contributed by atoms with Crippen molar-refractivity contribution in [3.63, 3.8) is 0 Å². The fourth-order valence-corrected chi connectivity index (χ4v) is 0.838. The molecule has 1 aliphatic carbocycles. The highest BCUT2D eigenvalue weighted by molar-refractivity contribution is 6.68. The van der Waals surface area contributed by atoms with E-state index in [1.165, 1.54) is 0 Å². The molecule has 0 fully saturated rings. The van der Waals surface area contributed by atoms with Crippen LogP contribution in [0.4, 0.5) is 0 Å². The van der Waals surface area contributed by atoms with E-state index < -0.39 is 17.5 Å². The van der Waals surface area contributed by atoms with Crippen LogP contribution < -0.4 is 5.73 Å². The zero-order valence-electron chi connectivity index (χ0n) is 6.05. The maximum atomic E-state index is 10.8. The Hall–Kier alpha value is -1.45. The van der Waals surface area contributed by atoms with E-state index in [4.69, 9.17) is 11.1 Å². The molecule has 0 spiro atoms. The zero-order valence-corrected chi connectivity index (χ0v) is 6.05. The lowest BCUT2D eigenvalue weighted by Crippen LogP contribution is -2.35. The Morgan fingerprint density at radius 3 is 2.64 bits per heavy atom. The predicted molar refractivity (Wildman–Crippen MR) is 39.2 cm³/mol. The molecule has 0 aromatic heterocycles. The number of ketones is 2. The van der Waals surface area contributed by atoms with Gasteiger partial charge >= 0.3 is 0 Å². The SMILES string of the molecule is CC1C(=N)C(=O)C(=O)C=C1N. The van der Waals surface area contributed by atoms with Crippen molar-refractivity contribution in [3.05, 3.63) is 11.8 Å². The van der Waals surface area contributed by atoms with Crippen LogP contribution in [0.2, 0.25) is 0 Å². The second-order valence-corrected chi connectivity index (χ2v) is 2.47. The van der Waals surface area contributed by atoms with Crippen LogP contribution in [0.25, 0.3) is 0 Å². The molecule has 11 heavy (non-hydrogen) atoms. The Balaban J connectivity index is 3.11. The molecule has 0 amide bonds. The second kappa shape index (κ2) is 2.30. The monoisotopic (exact) mass is 152 g/mol. The van der Waals surface area contributed by atoms with Crippen molar-refractivity contribution < 1.29 is 9.59 Å². The smallest absolute Gasteiger partial charge is 0.247 e. The van der Waals surface area contributed by atoms with E-state index in [2.05, 4.69) is 0 Å². The van der Waals surface area contributed by atoms with Crippen molar-refractivity contribution in [3.8, 4) is 0 Å². The Kier molecular flexibility index (Phi) is 1.60. The van der Waals surface area contributed by atoms with Gasteiger partial charge in [-0.1, -0.05) is 6.92 Å². The Morgan fingerprint density at radius 1 is 1.55 bits per heavy atom. The van der Waals surface area contributed by atoms with E-state index in [0.29, 0.717) is 5.70 Å². The third-order valence-electron chi connectivity index (χ3n) is 1.70. The molecule has 0 saturated carbocycles. The van der Waals surface area contributed by atoms with Crippen LogP contribution in [-0.2, 0) is 9.59 Å². The number of rotatable bonds is 0. The number of Topliss-reactive ketones (excluding diaryl/α,β-unsaturated/α-hetero) is 1. The number of hydrogen-bond donors (Lipinski definition) is 2. The topological polar surface area (TPSA) is 84.0 Å². The standard InChI is InChI=1S/C7H8N2O2/c1-3-4(8)2-5(10)7(11)6(3)9/h2-3,9H,8H2,1H3. The highest BCUT2D eigenvalue weighted by Gasteiger charge is 2.29. The van der Waals surface area contributed by atoms with Crippen molar-refractivity contribution in [1.82, 2.24) is 0 Å². The number of nitrogens with one attached hydrogen (secondary N) is 1. The molecule has 1 rings (SSSR count). The van der Waals surface area contributed by atoms with Crippen molar-refractivity contribution >= 4 is 17.3 Å². The number of allylic oxidation sites excluding steroid dienone is 2. The molecule has 0 saturated heterocycles. The lowest BCUT2D eigenvalue weighted by Gasteiger charge is -2.15. The summed E-state index contributed by atoms with van der Waals surface area (Å²) in [7, 11) is 0. The molecule has 58 valence electrons. The number of carbonyl (C=O) groups excluding carboxylic acids is 2. The van der Waals surface area contributed by atoms with Gasteiger partial charge in [-0.2, -0.15) is 0 Å². The Labute approximate surface area is 63.6 Å². The van der Waals surface area contributed by atoms with E-state index in [9.17, 15) is 9.59 Å². The molecular weight excluding hydrogens is 144 g/mol. The third kappa shape index (κ3) is 1.07. The fraction of sp³-hybridized carbons (Fsp3) is 0.286. The average molecular weight is 152 g/mol. The van der Waals surface area contributed by atoms with Gasteiger partial charge in [-0.15, -0.1) is 0 Å². The van der Waals surface area contributed by atoms with E-state index in [1.54, 1.807) is 6.92 Å². The van der Waals surface area contributed by atoms with E-state index in [1.807, 2.05) is 0 Å². The molecular formula is C7H8N2O2. The van der Waals surface area contributed by atoms with Crippen LogP contribution >= 0.6 is 0 Å². The largest absolute Gasteiger partial charge is 0.401 e. The van der Waals surface area contributed by atoms with Gasteiger partial charge in [0.1, 0.15) is 0 Å². The van der Waals surface area contributed by atoms with Gasteiger partial charge < -0.3 is 11.1 Å². The molecule has 1 aliphatic rings. The van der Waals surface area contributed by atoms with Crippen LogP contribution in [0, 0.1) is 11.3 Å². The minimum Gasteiger partial charge on any atom is -0.401 e. The lowest BCUT2D eigenvalue weighted by molar-refractivity contribution is -0.130. The Morgan fingerprint density at radius 2 is 2.09 bits per heavy atom. The van der Waals surface area contributed by atoms with Crippen LogP contribution in [0.1, 0.15) is 6.92 Å². The molecule has 0 aliphatic heterocycles. The summed E-state index contributed by atoms with van der Waals surface area (Å²) in [6.07, 6.45) is 1.09. The summed E-state index contributed by atoms with van der Waals surface area (Å²) in [6, 6.07) is 0. The molecule has 4 nitrogen and oxygen atoms in total. The summed E-state index contributed by atoms with van der Waals surface area (Å²) < 4.78 is 0. The summed E-state index contributed by atoms with van der Waals surface area (Å²) >= 11 is 0. The van der Waals surface area contributed by atoms with Gasteiger partial charge in [0.15, 0.2) is 0 Å². The molecule has 4 heteroatoms. The molecule has 1 atom stereocenters. The lowest BCUT2D eigenvalue weighted by atomic mass is 9.90. The normalized spacial score (nSPS) is 25.4. The van der Waals surface area contributed by atoms with E-state index >= 15 is 0 Å². The first-order valence-electron chi connectivity index (χ1n) is 3.18. The highest BCUT2D eigenvalue weighted by Crippen LogP contribution is 2.12. The first-order chi connectivity index (χ1) is 5.04. The highest BCUT2D eigenvalue weighted by atomic mass is 16.2. The predicted octanol–water partition coefficient (Wildman–Crippen LogP) is -0.363. The quantitative estimate of drug-likeness (QED) is 0.465. The minimum absolute atomic E-state index is 0.213. The van der Waals surface area contributed by atoms with Crippen molar-refractivity contribution in [2.24, 2.45) is 11.7 Å². The average Bonchev–Trinajstić information content (AvgIpc) is 1.97. The van der Waals surface area contributed by atoms with Crippen molar-refractivity contribution in [1.29, 1.82) is 5.41 Å². The summed E-state index contributed by atoms with van der Waals surface area (Å²) in [5.41, 5.74) is 5.45. The van der Waals surface area contributed by atoms with Crippen molar-refractivity contribution in [2.75, 3.05) is 0 Å². The first-order valence-corrected chi connectivity index (χ1v) is 3.18. The third-order valence-corrected chi connectivity index (χ3v) is 1.70. The van der Waals surface area contributed by atoms with Crippen LogP contribution in [0.15, 0.2) is 11.8 Å². The van der Waals surface area contributed by atoms with Gasteiger partial charge in [0, 0.05) is 17.7 Å². The summed E-state index contributed by atoms with van der Waals surface area (Å²) in [4.78, 5) is 21.5. The van der Waals surface area contributed by atoms with E-state index in [-0.39, 0.29) is 5.71 Å². The van der Waals surface area contributed by atoms with Crippen LogP contribution in [0.3, 0.4) is 0 Å². The summed E-state index contributed by atoms with van der Waals surface area (Å²) in [5, 5.41) is 7.17.